The summed E-state index contributed by atoms with van der Waals surface area (Å²) in [6.07, 6.45) is 6.39. The van der Waals surface area contributed by atoms with Crippen molar-refractivity contribution in [1.29, 1.82) is 0 Å². The van der Waals surface area contributed by atoms with Crippen molar-refractivity contribution in [2.75, 3.05) is 38.6 Å². The highest BCUT2D eigenvalue weighted by Crippen LogP contribution is 2.42. The van der Waals surface area contributed by atoms with Gasteiger partial charge < -0.3 is 14.7 Å². The molecule has 3 fully saturated rings. The molecule has 4 rings (SSSR count). The molecular formula is C18H26FN5O. The number of amides is 1. The second kappa shape index (κ2) is 6.52. The van der Waals surface area contributed by atoms with Crippen LogP contribution < -0.4 is 4.90 Å². The Bertz CT molecular complexity index is 637. The van der Waals surface area contributed by atoms with E-state index in [-0.39, 0.29) is 6.04 Å². The fraction of sp³-hybridized carbons (Fsp3) is 0.722. The van der Waals surface area contributed by atoms with Gasteiger partial charge in [-0.1, -0.05) is 0 Å². The number of halogens is 1. The molecule has 3 saturated heterocycles. The Kier molecular flexibility index (Phi) is 4.35. The normalized spacial score (nSPS) is 32.1. The second-order valence-electron chi connectivity index (χ2n) is 7.95. The lowest BCUT2D eigenvalue weighted by Gasteiger charge is -2.57. The van der Waals surface area contributed by atoms with Gasteiger partial charge in [-0.3, -0.25) is 4.79 Å². The van der Waals surface area contributed by atoms with E-state index in [2.05, 4.69) is 38.8 Å². The Hall–Kier alpha value is -1.76. The third-order valence-electron chi connectivity index (χ3n) is 5.94. The molecule has 0 N–H and O–H groups in total. The van der Waals surface area contributed by atoms with E-state index in [1.54, 1.807) is 0 Å². The molecule has 1 aromatic rings. The van der Waals surface area contributed by atoms with E-state index < -0.39 is 5.82 Å². The standard InChI is InChI=1S/C18H26FN5O/c1-22(2)11-16-13-6-12(15-4-3-5-17(25)24(15)16)9-23(10-13)18-20-7-14(19)8-21-18/h7-8,12-13,15-16H,3-6,9-11H2,1-2H3/t12-,13+,15+,16+/m1/s1. The summed E-state index contributed by atoms with van der Waals surface area (Å²) in [4.78, 5) is 27.6. The van der Waals surface area contributed by atoms with Gasteiger partial charge in [0.25, 0.3) is 0 Å². The number of hydrogen-bond acceptors (Lipinski definition) is 5. The topological polar surface area (TPSA) is 52.6 Å². The molecular weight excluding hydrogens is 321 g/mol. The Morgan fingerprint density at radius 3 is 2.68 bits per heavy atom. The number of rotatable bonds is 3. The third-order valence-corrected chi connectivity index (χ3v) is 5.94. The van der Waals surface area contributed by atoms with Crippen molar-refractivity contribution in [2.24, 2.45) is 11.8 Å². The first-order valence-electron chi connectivity index (χ1n) is 9.21. The Labute approximate surface area is 148 Å². The molecule has 4 atom stereocenters. The van der Waals surface area contributed by atoms with Crippen LogP contribution in [-0.4, -0.2) is 71.5 Å². The first-order chi connectivity index (χ1) is 12.0. The van der Waals surface area contributed by atoms with Gasteiger partial charge >= 0.3 is 0 Å². The Morgan fingerprint density at radius 1 is 1.24 bits per heavy atom. The molecule has 0 aromatic carbocycles. The SMILES string of the molecule is CN(C)C[C@H]1[C@H]2C[C@H](CN(c3ncc(F)cn3)C2)[C@@H]2CCCC(=O)N21. The Morgan fingerprint density at radius 2 is 1.96 bits per heavy atom. The quantitative estimate of drug-likeness (QED) is 0.827. The fourth-order valence-corrected chi connectivity index (χ4v) is 5.02. The average molecular weight is 347 g/mol. The molecule has 0 aliphatic carbocycles. The van der Waals surface area contributed by atoms with E-state index in [0.717, 1.165) is 38.9 Å². The molecule has 0 spiro atoms. The highest BCUT2D eigenvalue weighted by Gasteiger charge is 2.49. The third kappa shape index (κ3) is 3.10. The predicted molar refractivity (Wildman–Crippen MR) is 92.6 cm³/mol. The van der Waals surface area contributed by atoms with Crippen LogP contribution in [0.15, 0.2) is 12.4 Å². The van der Waals surface area contributed by atoms with Crippen LogP contribution in [0.3, 0.4) is 0 Å². The van der Waals surface area contributed by atoms with Crippen molar-refractivity contribution in [3.05, 3.63) is 18.2 Å². The number of carbonyl (C=O) groups is 1. The van der Waals surface area contributed by atoms with Gasteiger partial charge in [0, 0.05) is 38.1 Å². The van der Waals surface area contributed by atoms with Gasteiger partial charge in [0.15, 0.2) is 5.82 Å². The van der Waals surface area contributed by atoms with E-state index in [1.165, 1.54) is 12.4 Å². The van der Waals surface area contributed by atoms with Crippen molar-refractivity contribution in [1.82, 2.24) is 19.8 Å². The number of aromatic nitrogens is 2. The molecule has 0 radical (unpaired) electrons. The van der Waals surface area contributed by atoms with Gasteiger partial charge in [0.2, 0.25) is 11.9 Å². The molecule has 2 bridgehead atoms. The maximum atomic E-state index is 13.2. The van der Waals surface area contributed by atoms with Gasteiger partial charge in [0.1, 0.15) is 0 Å². The number of likely N-dealkylation sites (N-methyl/N-ethyl adjacent to an activating group) is 1. The van der Waals surface area contributed by atoms with Crippen LogP contribution in [0.2, 0.25) is 0 Å². The van der Waals surface area contributed by atoms with E-state index in [9.17, 15) is 9.18 Å². The molecule has 0 saturated carbocycles. The van der Waals surface area contributed by atoms with Crippen molar-refractivity contribution < 1.29 is 9.18 Å². The number of piperidine rings is 3. The maximum Gasteiger partial charge on any atom is 0.225 e. The second-order valence-corrected chi connectivity index (χ2v) is 7.95. The number of hydrogen-bond donors (Lipinski definition) is 0. The first kappa shape index (κ1) is 16.7. The molecule has 25 heavy (non-hydrogen) atoms. The fourth-order valence-electron chi connectivity index (χ4n) is 5.02. The summed E-state index contributed by atoms with van der Waals surface area (Å²) in [6, 6.07) is 0.568. The highest BCUT2D eigenvalue weighted by atomic mass is 19.1. The molecule has 3 aliphatic rings. The van der Waals surface area contributed by atoms with Crippen molar-refractivity contribution in [2.45, 2.75) is 37.8 Å². The van der Waals surface area contributed by atoms with Crippen LogP contribution in [0.5, 0.6) is 0 Å². The van der Waals surface area contributed by atoms with Gasteiger partial charge in [-0.25, -0.2) is 14.4 Å². The number of nitrogens with zero attached hydrogens (tertiary/aromatic N) is 5. The number of anilines is 1. The van der Waals surface area contributed by atoms with Crippen molar-refractivity contribution in [3.8, 4) is 0 Å². The predicted octanol–water partition coefficient (Wildman–Crippen LogP) is 1.38. The van der Waals surface area contributed by atoms with Gasteiger partial charge in [0.05, 0.1) is 12.4 Å². The first-order valence-corrected chi connectivity index (χ1v) is 9.21. The van der Waals surface area contributed by atoms with Crippen molar-refractivity contribution >= 4 is 11.9 Å². The minimum Gasteiger partial charge on any atom is -0.340 e. The lowest BCUT2D eigenvalue weighted by molar-refractivity contribution is -0.149. The number of fused-ring (bicyclic) bond motifs is 4. The number of carbonyl (C=O) groups excluding carboxylic acids is 1. The summed E-state index contributed by atoms with van der Waals surface area (Å²) in [7, 11) is 4.14. The van der Waals surface area contributed by atoms with Crippen LogP contribution in [0.1, 0.15) is 25.7 Å². The molecule has 3 aliphatic heterocycles. The molecule has 136 valence electrons. The van der Waals surface area contributed by atoms with Gasteiger partial charge in [-0.05, 0) is 45.2 Å². The van der Waals surface area contributed by atoms with Crippen LogP contribution in [-0.2, 0) is 4.79 Å². The smallest absolute Gasteiger partial charge is 0.225 e. The van der Waals surface area contributed by atoms with E-state index in [0.29, 0.717) is 36.2 Å². The maximum absolute atomic E-state index is 13.2. The zero-order chi connectivity index (χ0) is 17.6. The van der Waals surface area contributed by atoms with Crippen LogP contribution >= 0.6 is 0 Å². The summed E-state index contributed by atoms with van der Waals surface area (Å²) in [5, 5.41) is 0. The highest BCUT2D eigenvalue weighted by molar-refractivity contribution is 5.78. The monoisotopic (exact) mass is 347 g/mol. The minimum absolute atomic E-state index is 0.243. The van der Waals surface area contributed by atoms with Crippen LogP contribution in [0, 0.1) is 17.7 Å². The molecule has 4 heterocycles. The summed E-state index contributed by atoms with van der Waals surface area (Å²) in [5.74, 6) is 1.39. The molecule has 1 aromatic heterocycles. The largest absolute Gasteiger partial charge is 0.340 e. The molecule has 1 amide bonds. The van der Waals surface area contributed by atoms with Gasteiger partial charge in [-0.2, -0.15) is 0 Å². The zero-order valence-corrected chi connectivity index (χ0v) is 14.9. The lowest BCUT2D eigenvalue weighted by Crippen LogP contribution is -2.67. The van der Waals surface area contributed by atoms with E-state index in [1.807, 2.05) is 0 Å². The summed E-state index contributed by atoms with van der Waals surface area (Å²) < 4.78 is 13.2. The Balaban J connectivity index is 1.62. The molecule has 7 heteroatoms. The van der Waals surface area contributed by atoms with Gasteiger partial charge in [-0.15, -0.1) is 0 Å². The minimum atomic E-state index is -0.407. The summed E-state index contributed by atoms with van der Waals surface area (Å²) >= 11 is 0. The van der Waals surface area contributed by atoms with Crippen molar-refractivity contribution in [3.63, 3.8) is 0 Å². The average Bonchev–Trinajstić information content (AvgIpc) is 2.59. The molecule has 6 nitrogen and oxygen atoms in total. The lowest BCUT2D eigenvalue weighted by atomic mass is 9.72. The van der Waals surface area contributed by atoms with E-state index >= 15 is 0 Å². The van der Waals surface area contributed by atoms with Crippen LogP contribution in [0.4, 0.5) is 10.3 Å². The summed E-state index contributed by atoms with van der Waals surface area (Å²) in [5.41, 5.74) is 0. The molecule has 0 unspecified atom stereocenters. The van der Waals surface area contributed by atoms with E-state index in [4.69, 9.17) is 0 Å². The zero-order valence-electron chi connectivity index (χ0n) is 14.9. The van der Waals surface area contributed by atoms with Crippen LogP contribution in [0.25, 0.3) is 0 Å². The summed E-state index contributed by atoms with van der Waals surface area (Å²) in [6.45, 7) is 2.57.